The van der Waals surface area contributed by atoms with Crippen molar-refractivity contribution in [2.45, 2.75) is 45.8 Å². The van der Waals surface area contributed by atoms with Gasteiger partial charge < -0.3 is 10.2 Å². The number of benzene rings is 2. The number of nitrogens with zero attached hydrogens (tertiary/aromatic N) is 2. The fourth-order valence-corrected chi connectivity index (χ4v) is 4.04. The van der Waals surface area contributed by atoms with Crippen LogP contribution in [0.5, 0.6) is 0 Å². The number of hydrogen-bond donors (Lipinski definition) is 1. The summed E-state index contributed by atoms with van der Waals surface area (Å²) in [6.07, 6.45) is 0.995. The number of halogens is 2. The summed E-state index contributed by atoms with van der Waals surface area (Å²) in [7, 11) is -3.82. The van der Waals surface area contributed by atoms with Crippen LogP contribution in [0.1, 0.15) is 33.3 Å². The van der Waals surface area contributed by atoms with Crippen LogP contribution < -0.4 is 9.62 Å². The number of hydrogen-bond acceptors (Lipinski definition) is 4. The van der Waals surface area contributed by atoms with Gasteiger partial charge in [0.2, 0.25) is 21.8 Å². The Hall–Kier alpha value is -2.65. The average molecular weight is 498 g/mol. The number of rotatable bonds is 8. The van der Waals surface area contributed by atoms with Crippen molar-refractivity contribution in [3.63, 3.8) is 0 Å². The normalized spacial score (nSPS) is 12.7. The lowest BCUT2D eigenvalue weighted by molar-refractivity contribution is -0.140. The molecule has 0 aromatic heterocycles. The molecule has 0 saturated heterocycles. The van der Waals surface area contributed by atoms with E-state index in [4.69, 9.17) is 11.6 Å². The molecule has 0 unspecified atom stereocenters. The summed E-state index contributed by atoms with van der Waals surface area (Å²) in [5, 5.41) is 3.25. The molecular weight excluding hydrogens is 469 g/mol. The Morgan fingerprint density at radius 2 is 1.61 bits per heavy atom. The second-order valence-corrected chi connectivity index (χ2v) is 11.2. The molecule has 0 aliphatic rings. The summed E-state index contributed by atoms with van der Waals surface area (Å²) in [6.45, 7) is 6.49. The van der Waals surface area contributed by atoms with Gasteiger partial charge in [-0.3, -0.25) is 13.9 Å². The summed E-state index contributed by atoms with van der Waals surface area (Å²) in [5.74, 6) is -1.41. The molecule has 180 valence electrons. The summed E-state index contributed by atoms with van der Waals surface area (Å²) in [5.41, 5.74) is 0.333. The lowest BCUT2D eigenvalue weighted by Gasteiger charge is -2.33. The molecule has 0 radical (unpaired) electrons. The van der Waals surface area contributed by atoms with Gasteiger partial charge in [0.1, 0.15) is 18.4 Å². The Balaban J connectivity index is 2.38. The summed E-state index contributed by atoms with van der Waals surface area (Å²) < 4.78 is 39.2. The van der Waals surface area contributed by atoms with Crippen molar-refractivity contribution in [2.24, 2.45) is 0 Å². The highest BCUT2D eigenvalue weighted by atomic mass is 35.5. The van der Waals surface area contributed by atoms with Crippen LogP contribution in [0.15, 0.2) is 48.5 Å². The predicted molar refractivity (Wildman–Crippen MR) is 128 cm³/mol. The van der Waals surface area contributed by atoms with Gasteiger partial charge in [-0.15, -0.1) is 0 Å². The second kappa shape index (κ2) is 10.5. The Kier molecular flexibility index (Phi) is 8.48. The zero-order valence-electron chi connectivity index (χ0n) is 19.3. The number of carbonyl (C=O) groups is 2. The van der Waals surface area contributed by atoms with Crippen molar-refractivity contribution < 1.29 is 22.4 Å². The van der Waals surface area contributed by atoms with Crippen molar-refractivity contribution in [2.75, 3.05) is 17.1 Å². The minimum absolute atomic E-state index is 0.00391. The molecule has 2 rings (SSSR count). The van der Waals surface area contributed by atoms with Crippen LogP contribution in [-0.4, -0.2) is 49.5 Å². The Labute approximate surface area is 199 Å². The molecule has 33 heavy (non-hydrogen) atoms. The number of anilines is 1. The summed E-state index contributed by atoms with van der Waals surface area (Å²) in [4.78, 5) is 27.5. The van der Waals surface area contributed by atoms with E-state index < -0.39 is 45.8 Å². The SMILES string of the molecule is C[C@H](C(=O)NC(C)(C)C)N(Cc1ccc(F)cc1)C(=O)CN(c1ccc(Cl)cc1)S(C)(=O)=O. The lowest BCUT2D eigenvalue weighted by atomic mass is 10.1. The van der Waals surface area contributed by atoms with E-state index in [9.17, 15) is 22.4 Å². The van der Waals surface area contributed by atoms with E-state index in [0.29, 0.717) is 10.6 Å². The number of carbonyl (C=O) groups excluding carboxylic acids is 2. The highest BCUT2D eigenvalue weighted by Gasteiger charge is 2.31. The molecule has 1 N–H and O–H groups in total. The first-order valence-electron chi connectivity index (χ1n) is 10.3. The Bertz CT molecular complexity index is 1080. The maximum atomic E-state index is 13.4. The van der Waals surface area contributed by atoms with E-state index >= 15 is 0 Å². The monoisotopic (exact) mass is 497 g/mol. The molecule has 10 heteroatoms. The van der Waals surface area contributed by atoms with E-state index in [0.717, 1.165) is 10.6 Å². The van der Waals surface area contributed by atoms with Gasteiger partial charge >= 0.3 is 0 Å². The van der Waals surface area contributed by atoms with Gasteiger partial charge in [-0.25, -0.2) is 12.8 Å². The third-order valence-electron chi connectivity index (χ3n) is 4.73. The molecule has 2 aromatic rings. The maximum absolute atomic E-state index is 13.4. The minimum Gasteiger partial charge on any atom is -0.350 e. The standard InChI is InChI=1S/C23H29ClFN3O4S/c1-16(22(30)26-23(2,3)4)27(14-17-6-10-19(25)11-7-17)21(29)15-28(33(5,31)32)20-12-8-18(24)9-13-20/h6-13,16H,14-15H2,1-5H3,(H,26,30)/t16-/m1/s1. The first kappa shape index (κ1) is 26.6. The second-order valence-electron chi connectivity index (χ2n) is 8.81. The number of sulfonamides is 1. The number of nitrogens with one attached hydrogen (secondary N) is 1. The van der Waals surface area contributed by atoms with E-state index in [1.165, 1.54) is 53.4 Å². The van der Waals surface area contributed by atoms with Gasteiger partial charge in [0.25, 0.3) is 0 Å². The van der Waals surface area contributed by atoms with Gasteiger partial charge in [-0.05, 0) is 69.7 Å². The molecule has 0 fully saturated rings. The average Bonchev–Trinajstić information content (AvgIpc) is 2.69. The predicted octanol–water partition coefficient (Wildman–Crippen LogP) is 3.58. The quantitative estimate of drug-likeness (QED) is 0.604. The summed E-state index contributed by atoms with van der Waals surface area (Å²) in [6, 6.07) is 10.7. The molecule has 0 bridgehead atoms. The fraction of sp³-hybridized carbons (Fsp3) is 0.391. The van der Waals surface area contributed by atoms with Crippen LogP contribution in [0.4, 0.5) is 10.1 Å². The van der Waals surface area contributed by atoms with Gasteiger partial charge in [0, 0.05) is 17.1 Å². The third kappa shape index (κ3) is 8.01. The molecule has 0 aliphatic heterocycles. The molecular formula is C23H29ClFN3O4S. The first-order valence-corrected chi connectivity index (χ1v) is 12.5. The van der Waals surface area contributed by atoms with Gasteiger partial charge in [-0.2, -0.15) is 0 Å². The van der Waals surface area contributed by atoms with Crippen molar-refractivity contribution in [3.8, 4) is 0 Å². The van der Waals surface area contributed by atoms with Gasteiger partial charge in [-0.1, -0.05) is 23.7 Å². The first-order chi connectivity index (χ1) is 15.2. The fourth-order valence-electron chi connectivity index (χ4n) is 3.06. The van der Waals surface area contributed by atoms with Crippen LogP contribution in [-0.2, 0) is 26.2 Å². The van der Waals surface area contributed by atoms with Crippen molar-refractivity contribution in [3.05, 3.63) is 64.9 Å². The smallest absolute Gasteiger partial charge is 0.244 e. The van der Waals surface area contributed by atoms with E-state index in [1.54, 1.807) is 6.92 Å². The molecule has 0 heterocycles. The zero-order valence-corrected chi connectivity index (χ0v) is 20.9. The molecule has 1 atom stereocenters. The highest BCUT2D eigenvalue weighted by molar-refractivity contribution is 7.92. The minimum atomic E-state index is -3.82. The van der Waals surface area contributed by atoms with E-state index in [1.807, 2.05) is 20.8 Å². The molecule has 2 aromatic carbocycles. The van der Waals surface area contributed by atoms with E-state index in [-0.39, 0.29) is 12.2 Å². The van der Waals surface area contributed by atoms with Crippen LogP contribution in [0.3, 0.4) is 0 Å². The van der Waals surface area contributed by atoms with Crippen LogP contribution in [0.2, 0.25) is 5.02 Å². The van der Waals surface area contributed by atoms with Crippen molar-refractivity contribution >= 4 is 39.1 Å². The maximum Gasteiger partial charge on any atom is 0.244 e. The van der Waals surface area contributed by atoms with Crippen molar-refractivity contribution in [1.29, 1.82) is 0 Å². The molecule has 2 amide bonds. The topological polar surface area (TPSA) is 86.8 Å². The zero-order chi connectivity index (χ0) is 25.0. The Morgan fingerprint density at radius 3 is 2.09 bits per heavy atom. The third-order valence-corrected chi connectivity index (χ3v) is 6.12. The molecule has 0 aliphatic carbocycles. The van der Waals surface area contributed by atoms with Crippen LogP contribution in [0, 0.1) is 5.82 Å². The molecule has 0 saturated carbocycles. The van der Waals surface area contributed by atoms with Gasteiger partial charge in [0.15, 0.2) is 0 Å². The molecule has 0 spiro atoms. The lowest BCUT2D eigenvalue weighted by Crippen LogP contribution is -2.54. The van der Waals surface area contributed by atoms with Crippen LogP contribution in [0.25, 0.3) is 0 Å². The molecule has 7 nitrogen and oxygen atoms in total. The largest absolute Gasteiger partial charge is 0.350 e. The van der Waals surface area contributed by atoms with E-state index in [2.05, 4.69) is 5.32 Å². The Morgan fingerprint density at radius 1 is 1.06 bits per heavy atom. The summed E-state index contributed by atoms with van der Waals surface area (Å²) >= 11 is 5.90. The van der Waals surface area contributed by atoms with Gasteiger partial charge in [0.05, 0.1) is 11.9 Å². The highest BCUT2D eigenvalue weighted by Crippen LogP contribution is 2.21. The van der Waals surface area contributed by atoms with Crippen molar-refractivity contribution in [1.82, 2.24) is 10.2 Å². The van der Waals surface area contributed by atoms with Crippen LogP contribution >= 0.6 is 11.6 Å². The number of amides is 2.